The van der Waals surface area contributed by atoms with E-state index in [4.69, 9.17) is 11.6 Å². The fourth-order valence-electron chi connectivity index (χ4n) is 8.98. The zero-order chi connectivity index (χ0) is 25.7. The number of carboxylic acids is 1. The van der Waals surface area contributed by atoms with Gasteiger partial charge < -0.3 is 10.2 Å². The first kappa shape index (κ1) is 26.0. The SMILES string of the molecule is C[C@]12CCC(=O)C=C1CC(CCc1ccc(CCl)cc1)[C@@H]1[C@@H]2CC[C@@]2(C)[C@H]1CC[C@]2(O)CCC(=O)O. The Labute approximate surface area is 220 Å². The molecule has 1 aromatic carbocycles. The highest BCUT2D eigenvalue weighted by Crippen LogP contribution is 2.69. The maximum atomic E-state index is 12.4. The van der Waals surface area contributed by atoms with Crippen LogP contribution < -0.4 is 0 Å². The Morgan fingerprint density at radius 2 is 1.75 bits per heavy atom. The fourth-order valence-corrected chi connectivity index (χ4v) is 9.16. The molecule has 0 bridgehead atoms. The maximum absolute atomic E-state index is 12.4. The fraction of sp³-hybridized carbons (Fsp3) is 0.677. The Bertz CT molecular complexity index is 1050. The monoisotopic (exact) mass is 512 g/mol. The number of rotatable bonds is 7. The van der Waals surface area contributed by atoms with E-state index in [1.165, 1.54) is 11.1 Å². The minimum atomic E-state index is -0.900. The van der Waals surface area contributed by atoms with E-state index in [0.717, 1.165) is 50.5 Å². The van der Waals surface area contributed by atoms with Gasteiger partial charge in [-0.3, -0.25) is 9.59 Å². The van der Waals surface area contributed by atoms with Gasteiger partial charge in [-0.05, 0) is 109 Å². The van der Waals surface area contributed by atoms with Crippen molar-refractivity contribution in [2.45, 2.75) is 96.0 Å². The van der Waals surface area contributed by atoms with Gasteiger partial charge in [0.1, 0.15) is 0 Å². The summed E-state index contributed by atoms with van der Waals surface area (Å²) in [5, 5.41) is 21.2. The number of hydrogen-bond donors (Lipinski definition) is 2. The number of aliphatic carboxylic acids is 1. The predicted octanol–water partition coefficient (Wildman–Crippen LogP) is 6.71. The number of alkyl halides is 1. The number of allylic oxidation sites excluding steroid dienone is 1. The van der Waals surface area contributed by atoms with E-state index in [-0.39, 0.29) is 23.0 Å². The normalized spacial score (nSPS) is 39.7. The number of ketones is 1. The van der Waals surface area contributed by atoms with Crippen molar-refractivity contribution < 1.29 is 19.8 Å². The van der Waals surface area contributed by atoms with E-state index in [2.05, 4.69) is 38.1 Å². The number of aryl methyl sites for hydroxylation is 1. The van der Waals surface area contributed by atoms with Crippen molar-refractivity contribution in [2.24, 2.45) is 34.5 Å². The summed E-state index contributed by atoms with van der Waals surface area (Å²) < 4.78 is 0. The third-order valence-corrected chi connectivity index (χ3v) is 11.5. The zero-order valence-corrected chi connectivity index (χ0v) is 22.5. The molecule has 1 unspecified atom stereocenters. The molecule has 0 aromatic heterocycles. The highest BCUT2D eigenvalue weighted by atomic mass is 35.5. The zero-order valence-electron chi connectivity index (χ0n) is 21.8. The molecule has 0 radical (unpaired) electrons. The van der Waals surface area contributed by atoms with Crippen LogP contribution in [0.3, 0.4) is 0 Å². The van der Waals surface area contributed by atoms with Gasteiger partial charge in [-0.2, -0.15) is 0 Å². The van der Waals surface area contributed by atoms with Gasteiger partial charge in [-0.15, -0.1) is 11.6 Å². The van der Waals surface area contributed by atoms with E-state index in [1.54, 1.807) is 0 Å². The molecule has 7 atom stereocenters. The number of benzene rings is 1. The molecule has 3 saturated carbocycles. The molecule has 196 valence electrons. The number of halogens is 1. The maximum Gasteiger partial charge on any atom is 0.303 e. The third kappa shape index (κ3) is 4.26. The van der Waals surface area contributed by atoms with Crippen LogP contribution in [0.5, 0.6) is 0 Å². The second kappa shape index (κ2) is 9.58. The molecular weight excluding hydrogens is 472 g/mol. The minimum absolute atomic E-state index is 0.0291. The van der Waals surface area contributed by atoms with Crippen LogP contribution in [0.1, 0.15) is 89.2 Å². The Balaban J connectivity index is 1.46. The van der Waals surface area contributed by atoms with Gasteiger partial charge in [0, 0.05) is 18.7 Å². The summed E-state index contributed by atoms with van der Waals surface area (Å²) in [4.78, 5) is 23.8. The summed E-state index contributed by atoms with van der Waals surface area (Å²) in [5.74, 6) is 1.87. The van der Waals surface area contributed by atoms with Crippen LogP contribution in [0.2, 0.25) is 0 Å². The number of carbonyl (C=O) groups is 2. The van der Waals surface area contributed by atoms with Crippen LogP contribution in [-0.2, 0) is 21.9 Å². The average molecular weight is 513 g/mol. The Kier molecular flexibility index (Phi) is 6.91. The summed E-state index contributed by atoms with van der Waals surface area (Å²) in [6.07, 6.45) is 10.7. The molecule has 36 heavy (non-hydrogen) atoms. The van der Waals surface area contributed by atoms with Gasteiger partial charge in [-0.1, -0.05) is 43.7 Å². The van der Waals surface area contributed by atoms with E-state index in [0.29, 0.717) is 48.8 Å². The first-order valence-electron chi connectivity index (χ1n) is 13.9. The molecule has 5 rings (SSSR count). The lowest BCUT2D eigenvalue weighted by Gasteiger charge is -2.61. The van der Waals surface area contributed by atoms with E-state index in [9.17, 15) is 19.8 Å². The number of aliphatic hydroxyl groups is 1. The standard InChI is InChI=1S/C31H41ClO4/c1-29-13-9-24(33)18-23(29)17-22(8-7-20-3-5-21(19-32)6-4-20)28-25(29)10-14-30(2)26(28)11-15-31(30,36)16-12-27(34)35/h3-6,18,22,25-26,28,36H,7-17,19H2,1-2H3,(H,34,35)/t22?,25-,26-,28+,29-,30-,31-/m0/s1. The summed E-state index contributed by atoms with van der Waals surface area (Å²) in [5.41, 5.74) is 2.75. The van der Waals surface area contributed by atoms with Crippen molar-refractivity contribution in [3.8, 4) is 0 Å². The van der Waals surface area contributed by atoms with E-state index >= 15 is 0 Å². The van der Waals surface area contributed by atoms with Crippen LogP contribution in [-0.4, -0.2) is 27.6 Å². The molecular formula is C31H41ClO4. The quantitative estimate of drug-likeness (QED) is 0.398. The molecule has 3 fully saturated rings. The highest BCUT2D eigenvalue weighted by molar-refractivity contribution is 6.17. The van der Waals surface area contributed by atoms with Gasteiger partial charge >= 0.3 is 5.97 Å². The topological polar surface area (TPSA) is 74.6 Å². The van der Waals surface area contributed by atoms with Gasteiger partial charge in [0.25, 0.3) is 0 Å². The summed E-state index contributed by atoms with van der Waals surface area (Å²) >= 11 is 5.98. The second-order valence-corrected chi connectivity index (χ2v) is 13.0. The van der Waals surface area contributed by atoms with Gasteiger partial charge in [0.2, 0.25) is 0 Å². The molecule has 0 saturated heterocycles. The average Bonchev–Trinajstić information content (AvgIpc) is 3.13. The molecule has 4 aliphatic rings. The van der Waals surface area contributed by atoms with Crippen LogP contribution in [0.25, 0.3) is 0 Å². The number of carbonyl (C=O) groups excluding carboxylic acids is 1. The molecule has 0 aliphatic heterocycles. The first-order valence-corrected chi connectivity index (χ1v) is 14.4. The lowest BCUT2D eigenvalue weighted by Crippen LogP contribution is -2.57. The minimum Gasteiger partial charge on any atom is -0.481 e. The molecule has 0 heterocycles. The molecule has 0 spiro atoms. The van der Waals surface area contributed by atoms with Gasteiger partial charge in [-0.25, -0.2) is 0 Å². The molecule has 1 aromatic rings. The molecule has 5 heteroatoms. The molecule has 2 N–H and O–H groups in total. The Morgan fingerprint density at radius 3 is 2.44 bits per heavy atom. The van der Waals surface area contributed by atoms with E-state index in [1.807, 2.05) is 6.08 Å². The third-order valence-electron chi connectivity index (χ3n) is 11.2. The predicted molar refractivity (Wildman–Crippen MR) is 142 cm³/mol. The lowest BCUT2D eigenvalue weighted by molar-refractivity contribution is -0.152. The van der Waals surface area contributed by atoms with Crippen molar-refractivity contribution >= 4 is 23.4 Å². The summed E-state index contributed by atoms with van der Waals surface area (Å²) in [7, 11) is 0. The molecule has 4 nitrogen and oxygen atoms in total. The van der Waals surface area contributed by atoms with Crippen molar-refractivity contribution in [3.05, 3.63) is 47.0 Å². The lowest BCUT2D eigenvalue weighted by atomic mass is 9.43. The highest BCUT2D eigenvalue weighted by Gasteiger charge is 2.65. The van der Waals surface area contributed by atoms with Gasteiger partial charge in [0.15, 0.2) is 5.78 Å². The largest absolute Gasteiger partial charge is 0.481 e. The van der Waals surface area contributed by atoms with Crippen molar-refractivity contribution in [1.29, 1.82) is 0 Å². The smallest absolute Gasteiger partial charge is 0.303 e. The Morgan fingerprint density at radius 1 is 1.06 bits per heavy atom. The van der Waals surface area contributed by atoms with Crippen LogP contribution in [0.4, 0.5) is 0 Å². The van der Waals surface area contributed by atoms with Crippen molar-refractivity contribution in [1.82, 2.24) is 0 Å². The summed E-state index contributed by atoms with van der Waals surface area (Å²) in [6, 6.07) is 8.61. The molecule has 0 amide bonds. The van der Waals surface area contributed by atoms with Crippen LogP contribution in [0, 0.1) is 34.5 Å². The van der Waals surface area contributed by atoms with E-state index < -0.39 is 11.6 Å². The second-order valence-electron chi connectivity index (χ2n) is 12.7. The number of hydrogen-bond acceptors (Lipinski definition) is 3. The first-order chi connectivity index (χ1) is 17.1. The number of fused-ring (bicyclic) bond motifs is 5. The Hall–Kier alpha value is -1.65. The van der Waals surface area contributed by atoms with Crippen molar-refractivity contribution in [2.75, 3.05) is 0 Å². The summed E-state index contributed by atoms with van der Waals surface area (Å²) in [6.45, 7) is 4.65. The van der Waals surface area contributed by atoms with Crippen molar-refractivity contribution in [3.63, 3.8) is 0 Å². The molecule has 4 aliphatic carbocycles. The van der Waals surface area contributed by atoms with Crippen LogP contribution >= 0.6 is 11.6 Å². The van der Waals surface area contributed by atoms with Crippen LogP contribution in [0.15, 0.2) is 35.9 Å². The number of carboxylic acid groups (broad SMARTS) is 1. The van der Waals surface area contributed by atoms with Gasteiger partial charge in [0.05, 0.1) is 5.60 Å².